The topological polar surface area (TPSA) is 66.4 Å². The van der Waals surface area contributed by atoms with Gasteiger partial charge in [0.25, 0.3) is 0 Å². The number of hydrogen-bond acceptors (Lipinski definition) is 2. The number of anilines is 1. The summed E-state index contributed by atoms with van der Waals surface area (Å²) in [4.78, 5) is 24.4. The summed E-state index contributed by atoms with van der Waals surface area (Å²) in [7, 11) is 0. The molecule has 1 aromatic rings. The molecule has 1 amide bonds. The van der Waals surface area contributed by atoms with E-state index in [0.29, 0.717) is 0 Å². The maximum Gasteiger partial charge on any atom is 0.307 e. The van der Waals surface area contributed by atoms with Crippen LogP contribution in [-0.2, 0) is 9.59 Å². The van der Waals surface area contributed by atoms with Crippen LogP contribution < -0.4 is 5.32 Å². The van der Waals surface area contributed by atoms with Crippen molar-refractivity contribution in [2.24, 2.45) is 29.1 Å². The number of carbonyl (C=O) groups is 2. The molecule has 2 fully saturated rings. The Morgan fingerprint density at radius 3 is 2.23 bits per heavy atom. The van der Waals surface area contributed by atoms with E-state index in [9.17, 15) is 14.7 Å². The van der Waals surface area contributed by atoms with Crippen molar-refractivity contribution in [1.29, 1.82) is 0 Å². The Hall–Kier alpha value is -1.37. The lowest BCUT2D eigenvalue weighted by atomic mass is 9.82. The van der Waals surface area contributed by atoms with Crippen LogP contribution in [0.3, 0.4) is 0 Å². The molecule has 4 nitrogen and oxygen atoms in total. The molecule has 4 rings (SSSR count). The van der Waals surface area contributed by atoms with E-state index in [1.54, 1.807) is 0 Å². The third-order valence-electron chi connectivity index (χ3n) is 5.54. The summed E-state index contributed by atoms with van der Waals surface area (Å²) < 4.78 is 1.10. The molecule has 3 aliphatic rings. The van der Waals surface area contributed by atoms with Gasteiger partial charge in [-0.2, -0.15) is 0 Å². The number of carbonyl (C=O) groups excluding carboxylic acids is 1. The molecule has 0 saturated heterocycles. The monoisotopic (exact) mass is 409 g/mol. The third kappa shape index (κ3) is 1.94. The number of rotatable bonds is 3. The van der Waals surface area contributed by atoms with Crippen molar-refractivity contribution < 1.29 is 14.7 Å². The van der Waals surface area contributed by atoms with E-state index in [1.165, 1.54) is 0 Å². The van der Waals surface area contributed by atoms with Crippen molar-refractivity contribution in [3.8, 4) is 0 Å². The second-order valence-corrected chi connectivity index (χ2v) is 7.80. The van der Waals surface area contributed by atoms with Gasteiger partial charge in [0.05, 0.1) is 11.8 Å². The molecule has 4 atom stereocenters. The fourth-order valence-corrected chi connectivity index (χ4v) is 4.81. The largest absolute Gasteiger partial charge is 0.481 e. The highest BCUT2D eigenvalue weighted by molar-refractivity contribution is 14.1. The number of amides is 1. The van der Waals surface area contributed by atoms with Gasteiger partial charge in [0.15, 0.2) is 0 Å². The maximum absolute atomic E-state index is 12.7. The Kier molecular flexibility index (Phi) is 3.11. The molecule has 3 aliphatic carbocycles. The number of benzene rings is 1. The van der Waals surface area contributed by atoms with E-state index in [0.717, 1.165) is 22.1 Å². The lowest BCUT2D eigenvalue weighted by Crippen LogP contribution is -2.36. The summed E-state index contributed by atoms with van der Waals surface area (Å²) in [6, 6.07) is 7.55. The maximum atomic E-state index is 12.7. The molecule has 2 saturated carbocycles. The van der Waals surface area contributed by atoms with Crippen LogP contribution in [0.4, 0.5) is 5.69 Å². The van der Waals surface area contributed by atoms with E-state index in [4.69, 9.17) is 0 Å². The normalized spacial score (nSPS) is 33.1. The van der Waals surface area contributed by atoms with Crippen LogP contribution in [0.5, 0.6) is 0 Å². The first-order valence-corrected chi connectivity index (χ1v) is 8.58. The molecule has 0 heterocycles. The zero-order valence-electron chi connectivity index (χ0n) is 11.8. The predicted octanol–water partition coefficient (Wildman–Crippen LogP) is 3.14. The fourth-order valence-electron chi connectivity index (χ4n) is 4.45. The zero-order valence-corrected chi connectivity index (χ0v) is 14.0. The van der Waals surface area contributed by atoms with Crippen molar-refractivity contribution >= 4 is 40.2 Å². The highest BCUT2D eigenvalue weighted by Crippen LogP contribution is 2.72. The van der Waals surface area contributed by atoms with Crippen molar-refractivity contribution in [1.82, 2.24) is 0 Å². The summed E-state index contributed by atoms with van der Waals surface area (Å²) in [5.74, 6) is -1.91. The van der Waals surface area contributed by atoms with E-state index >= 15 is 0 Å². The lowest BCUT2D eigenvalue weighted by molar-refractivity contribution is -0.146. The van der Waals surface area contributed by atoms with Crippen LogP contribution in [0.15, 0.2) is 36.4 Å². The van der Waals surface area contributed by atoms with Crippen LogP contribution in [0, 0.1) is 32.7 Å². The first kappa shape index (κ1) is 14.2. The number of hydrogen-bond donors (Lipinski definition) is 2. The minimum Gasteiger partial charge on any atom is -0.481 e. The van der Waals surface area contributed by atoms with Crippen LogP contribution in [-0.4, -0.2) is 17.0 Å². The summed E-state index contributed by atoms with van der Waals surface area (Å²) in [6.45, 7) is 0. The molecule has 2 bridgehead atoms. The Labute approximate surface area is 142 Å². The standard InChI is InChI=1S/C17H16INO3/c18-9-1-3-10(4-2-9)19-15(20)13-11-5-6-12(14(13)16(21)22)17(11)7-8-17/h1-6,11-14H,7-8H2,(H,19,20)(H,21,22)/t11-,12+,13-,14+/m1/s1. The number of nitrogens with one attached hydrogen (secondary N) is 1. The molecule has 5 heteroatoms. The SMILES string of the molecule is O=C(O)[C@@H]1[C@H](C(=O)Nc2ccc(I)cc2)[C@H]2C=C[C@@H]1C21CC1. The number of allylic oxidation sites excluding steroid dienone is 2. The van der Waals surface area contributed by atoms with E-state index < -0.39 is 17.8 Å². The molecular formula is C17H16INO3. The number of aliphatic carboxylic acids is 1. The molecule has 1 aromatic carbocycles. The van der Waals surface area contributed by atoms with Crippen molar-refractivity contribution in [3.63, 3.8) is 0 Å². The molecule has 2 N–H and O–H groups in total. The van der Waals surface area contributed by atoms with Gasteiger partial charge in [0.1, 0.15) is 0 Å². The highest BCUT2D eigenvalue weighted by atomic mass is 127. The summed E-state index contributed by atoms with van der Waals surface area (Å²) in [6.07, 6.45) is 6.21. The van der Waals surface area contributed by atoms with Gasteiger partial charge in [-0.3, -0.25) is 9.59 Å². The third-order valence-corrected chi connectivity index (χ3v) is 6.26. The quantitative estimate of drug-likeness (QED) is 0.596. The van der Waals surface area contributed by atoms with Crippen molar-refractivity contribution in [3.05, 3.63) is 40.0 Å². The fraction of sp³-hybridized carbons (Fsp3) is 0.412. The van der Waals surface area contributed by atoms with Crippen LogP contribution in [0.1, 0.15) is 12.8 Å². The molecular weight excluding hydrogens is 393 g/mol. The number of carboxylic acids is 1. The smallest absolute Gasteiger partial charge is 0.307 e. The van der Waals surface area contributed by atoms with Gasteiger partial charge in [-0.15, -0.1) is 0 Å². The molecule has 1 spiro atoms. The summed E-state index contributed by atoms with van der Waals surface area (Å²) in [5, 5.41) is 12.5. The second-order valence-electron chi connectivity index (χ2n) is 6.56. The van der Waals surface area contributed by atoms with Crippen LogP contribution >= 0.6 is 22.6 Å². The van der Waals surface area contributed by atoms with Gasteiger partial charge in [0.2, 0.25) is 5.91 Å². The number of halogens is 1. The molecule has 0 radical (unpaired) electrons. The average molecular weight is 409 g/mol. The zero-order chi connectivity index (χ0) is 15.5. The van der Waals surface area contributed by atoms with Crippen molar-refractivity contribution in [2.75, 3.05) is 5.32 Å². The summed E-state index contributed by atoms with van der Waals surface area (Å²) >= 11 is 2.21. The molecule has 0 unspecified atom stereocenters. The van der Waals surface area contributed by atoms with Crippen LogP contribution in [0.2, 0.25) is 0 Å². The van der Waals surface area contributed by atoms with Gasteiger partial charge in [-0.05, 0) is 76.9 Å². The lowest BCUT2D eigenvalue weighted by Gasteiger charge is -2.23. The van der Waals surface area contributed by atoms with Crippen LogP contribution in [0.25, 0.3) is 0 Å². The molecule has 22 heavy (non-hydrogen) atoms. The van der Waals surface area contributed by atoms with Gasteiger partial charge in [-0.1, -0.05) is 12.2 Å². The van der Waals surface area contributed by atoms with E-state index in [1.807, 2.05) is 30.3 Å². The minimum atomic E-state index is -0.842. The van der Waals surface area contributed by atoms with Gasteiger partial charge in [-0.25, -0.2) is 0 Å². The van der Waals surface area contributed by atoms with Crippen molar-refractivity contribution in [2.45, 2.75) is 12.8 Å². The number of carboxylic acid groups (broad SMARTS) is 1. The van der Waals surface area contributed by atoms with Gasteiger partial charge < -0.3 is 10.4 Å². The molecule has 0 aliphatic heterocycles. The van der Waals surface area contributed by atoms with Gasteiger partial charge in [0, 0.05) is 9.26 Å². The minimum absolute atomic E-state index is 0.0301. The molecule has 114 valence electrons. The first-order valence-electron chi connectivity index (χ1n) is 7.50. The highest BCUT2D eigenvalue weighted by Gasteiger charge is 2.70. The van der Waals surface area contributed by atoms with E-state index in [2.05, 4.69) is 34.0 Å². The first-order chi connectivity index (χ1) is 10.5. The Morgan fingerprint density at radius 2 is 1.68 bits per heavy atom. The van der Waals surface area contributed by atoms with Gasteiger partial charge >= 0.3 is 5.97 Å². The average Bonchev–Trinajstić information content (AvgIpc) is 3.15. The Morgan fingerprint density at radius 1 is 1.09 bits per heavy atom. The second kappa shape index (κ2) is 4.81. The van der Waals surface area contributed by atoms with E-state index in [-0.39, 0.29) is 23.2 Å². The Balaban J connectivity index is 1.60. The predicted molar refractivity (Wildman–Crippen MR) is 90.2 cm³/mol. The molecule has 0 aromatic heterocycles. The summed E-state index contributed by atoms with van der Waals surface area (Å²) in [5.41, 5.74) is 0.795. The Bertz CT molecular complexity index is 678.